The monoisotopic (exact) mass is 499 g/mol. The van der Waals surface area contributed by atoms with E-state index >= 15 is 0 Å². The van der Waals surface area contributed by atoms with Crippen LogP contribution in [0.2, 0.25) is 5.02 Å². The lowest BCUT2D eigenvalue weighted by Crippen LogP contribution is -2.38. The molecule has 0 fully saturated rings. The fourth-order valence-corrected chi connectivity index (χ4v) is 5.40. The largest absolute Gasteiger partial charge is 0.378 e. The predicted molar refractivity (Wildman–Crippen MR) is 147 cm³/mol. The van der Waals surface area contributed by atoms with E-state index in [1.807, 2.05) is 104 Å². The van der Waals surface area contributed by atoms with Crippen LogP contribution in [-0.2, 0) is 9.59 Å². The van der Waals surface area contributed by atoms with Crippen molar-refractivity contribution in [3.05, 3.63) is 100 Å². The number of rotatable bonds is 4. The number of carbonyl (C=O) groups is 2. The molecular weight excluding hydrogens is 470 g/mol. The standard InChI is InChI=1S/C30H30ClN3O2/c1-4-28(36)34-26-8-6-5-7-24(26)32-25-17-21(19-9-13-22(31)14-10-19)18-27(35)29(25)30(34)20-11-15-23(16-12-20)33(2)3/h5-16,21,30,32H,4,17-18H2,1-3H3/t21-,30+/m1/s1. The van der Waals surface area contributed by atoms with Crippen molar-refractivity contribution in [3.63, 3.8) is 0 Å². The molecule has 5 rings (SSSR count). The zero-order chi connectivity index (χ0) is 25.4. The molecule has 0 radical (unpaired) electrons. The number of anilines is 3. The van der Waals surface area contributed by atoms with Crippen LogP contribution in [0.4, 0.5) is 17.1 Å². The zero-order valence-electron chi connectivity index (χ0n) is 20.8. The Morgan fingerprint density at radius 3 is 2.31 bits per heavy atom. The summed E-state index contributed by atoms with van der Waals surface area (Å²) >= 11 is 6.12. The summed E-state index contributed by atoms with van der Waals surface area (Å²) in [6.45, 7) is 1.87. The number of nitrogens with zero attached hydrogens (tertiary/aromatic N) is 2. The predicted octanol–water partition coefficient (Wildman–Crippen LogP) is 6.72. The van der Waals surface area contributed by atoms with Gasteiger partial charge < -0.3 is 10.2 Å². The van der Waals surface area contributed by atoms with Gasteiger partial charge in [-0.2, -0.15) is 0 Å². The Hall–Kier alpha value is -3.57. The van der Waals surface area contributed by atoms with Gasteiger partial charge in [-0.1, -0.05) is 54.9 Å². The molecule has 3 aromatic rings. The number of allylic oxidation sites excluding steroid dienone is 1. The number of hydrogen-bond donors (Lipinski definition) is 1. The summed E-state index contributed by atoms with van der Waals surface area (Å²) in [6, 6.07) is 23.2. The quantitative estimate of drug-likeness (QED) is 0.433. The van der Waals surface area contributed by atoms with Crippen LogP contribution in [0.5, 0.6) is 0 Å². The highest BCUT2D eigenvalue weighted by Gasteiger charge is 2.41. The van der Waals surface area contributed by atoms with Crippen molar-refractivity contribution in [3.8, 4) is 0 Å². The van der Waals surface area contributed by atoms with Crippen molar-refractivity contribution < 1.29 is 9.59 Å². The maximum Gasteiger partial charge on any atom is 0.227 e. The molecule has 1 heterocycles. The van der Waals surface area contributed by atoms with Gasteiger partial charge in [-0.25, -0.2) is 0 Å². The minimum Gasteiger partial charge on any atom is -0.378 e. The molecule has 1 N–H and O–H groups in total. The van der Waals surface area contributed by atoms with Crippen LogP contribution in [-0.4, -0.2) is 25.8 Å². The lowest BCUT2D eigenvalue weighted by atomic mass is 9.78. The van der Waals surface area contributed by atoms with Gasteiger partial charge in [0.05, 0.1) is 17.4 Å². The molecule has 0 spiro atoms. The molecule has 0 saturated heterocycles. The second kappa shape index (κ2) is 9.82. The minimum absolute atomic E-state index is 0.0210. The van der Waals surface area contributed by atoms with Crippen molar-refractivity contribution in [2.45, 2.75) is 38.1 Å². The highest BCUT2D eigenvalue weighted by Crippen LogP contribution is 2.47. The molecule has 3 aromatic carbocycles. The summed E-state index contributed by atoms with van der Waals surface area (Å²) in [5.74, 6) is 0.0813. The molecule has 36 heavy (non-hydrogen) atoms. The van der Waals surface area contributed by atoms with E-state index in [9.17, 15) is 9.59 Å². The maximum absolute atomic E-state index is 13.9. The van der Waals surface area contributed by atoms with Gasteiger partial charge in [0.1, 0.15) is 0 Å². The number of para-hydroxylation sites is 2. The molecule has 2 aliphatic rings. The van der Waals surface area contributed by atoms with Crippen molar-refractivity contribution >= 4 is 40.4 Å². The number of benzene rings is 3. The normalized spacial score (nSPS) is 19.2. The highest BCUT2D eigenvalue weighted by atomic mass is 35.5. The van der Waals surface area contributed by atoms with Crippen molar-refractivity contribution in [1.82, 2.24) is 0 Å². The van der Waals surface area contributed by atoms with Gasteiger partial charge in [-0.15, -0.1) is 0 Å². The molecule has 184 valence electrons. The summed E-state index contributed by atoms with van der Waals surface area (Å²) in [5.41, 5.74) is 6.26. The van der Waals surface area contributed by atoms with Crippen LogP contribution in [0.15, 0.2) is 84.1 Å². The number of nitrogens with one attached hydrogen (secondary N) is 1. The van der Waals surface area contributed by atoms with Gasteiger partial charge in [0.25, 0.3) is 0 Å². The Bertz CT molecular complexity index is 1330. The SMILES string of the molecule is CCC(=O)N1c2ccccc2NC2=C(C(=O)C[C@H](c3ccc(Cl)cc3)C2)[C@@H]1c1ccc(N(C)C)cc1. The van der Waals surface area contributed by atoms with Crippen molar-refractivity contribution in [2.75, 3.05) is 29.2 Å². The maximum atomic E-state index is 13.9. The minimum atomic E-state index is -0.501. The highest BCUT2D eigenvalue weighted by molar-refractivity contribution is 6.30. The van der Waals surface area contributed by atoms with E-state index in [1.165, 1.54) is 0 Å². The molecule has 0 unspecified atom stereocenters. The summed E-state index contributed by atoms with van der Waals surface area (Å²) < 4.78 is 0. The topological polar surface area (TPSA) is 52.7 Å². The first-order chi connectivity index (χ1) is 17.4. The lowest BCUT2D eigenvalue weighted by molar-refractivity contribution is -0.119. The number of Topliss-reactive ketones (excluding diaryl/α,β-unsaturated/α-hetero) is 1. The first-order valence-corrected chi connectivity index (χ1v) is 12.7. The third kappa shape index (κ3) is 4.40. The van der Waals surface area contributed by atoms with Gasteiger partial charge in [0.2, 0.25) is 5.91 Å². The molecule has 6 heteroatoms. The van der Waals surface area contributed by atoms with E-state index in [1.54, 1.807) is 0 Å². The molecule has 0 aromatic heterocycles. The van der Waals surface area contributed by atoms with E-state index in [0.29, 0.717) is 29.9 Å². The number of fused-ring (bicyclic) bond motifs is 1. The molecular formula is C30H30ClN3O2. The van der Waals surface area contributed by atoms with Gasteiger partial charge in [-0.3, -0.25) is 14.5 Å². The smallest absolute Gasteiger partial charge is 0.227 e. The van der Waals surface area contributed by atoms with Crippen LogP contribution in [0, 0.1) is 0 Å². The molecule has 1 aliphatic heterocycles. The lowest BCUT2D eigenvalue weighted by Gasteiger charge is -2.35. The average Bonchev–Trinajstić information content (AvgIpc) is 3.03. The zero-order valence-corrected chi connectivity index (χ0v) is 21.5. The Kier molecular flexibility index (Phi) is 6.59. The van der Waals surface area contributed by atoms with Gasteiger partial charge in [0, 0.05) is 48.9 Å². The van der Waals surface area contributed by atoms with Crippen molar-refractivity contribution in [2.24, 2.45) is 0 Å². The molecule has 5 nitrogen and oxygen atoms in total. The second-order valence-corrected chi connectivity index (χ2v) is 10.1. The second-order valence-electron chi connectivity index (χ2n) is 9.62. The number of hydrogen-bond acceptors (Lipinski definition) is 4. The number of ketones is 1. The van der Waals surface area contributed by atoms with E-state index in [2.05, 4.69) is 5.32 Å². The molecule has 2 atom stereocenters. The Morgan fingerprint density at radius 2 is 1.64 bits per heavy atom. The first kappa shape index (κ1) is 24.1. The van der Waals surface area contributed by atoms with Gasteiger partial charge in [0.15, 0.2) is 5.78 Å². The van der Waals surface area contributed by atoms with Crippen LogP contribution in [0.25, 0.3) is 0 Å². The number of halogens is 1. The Morgan fingerprint density at radius 1 is 0.972 bits per heavy atom. The van der Waals surface area contributed by atoms with Crippen molar-refractivity contribution in [1.29, 1.82) is 0 Å². The van der Waals surface area contributed by atoms with E-state index < -0.39 is 6.04 Å². The van der Waals surface area contributed by atoms with E-state index in [4.69, 9.17) is 11.6 Å². The van der Waals surface area contributed by atoms with Gasteiger partial charge >= 0.3 is 0 Å². The van der Waals surface area contributed by atoms with E-state index in [0.717, 1.165) is 33.9 Å². The molecule has 0 saturated carbocycles. The third-order valence-electron chi connectivity index (χ3n) is 7.13. The average molecular weight is 500 g/mol. The van der Waals surface area contributed by atoms with E-state index in [-0.39, 0.29) is 17.6 Å². The fraction of sp³-hybridized carbons (Fsp3) is 0.267. The van der Waals surface area contributed by atoms with Crippen LogP contribution < -0.4 is 15.1 Å². The Balaban J connectivity index is 1.68. The Labute approximate surface area is 217 Å². The van der Waals surface area contributed by atoms with Crippen LogP contribution in [0.1, 0.15) is 49.3 Å². The summed E-state index contributed by atoms with van der Waals surface area (Å²) in [6.07, 6.45) is 1.40. The summed E-state index contributed by atoms with van der Waals surface area (Å²) in [5, 5.41) is 4.25. The summed E-state index contributed by atoms with van der Waals surface area (Å²) in [4.78, 5) is 31.3. The molecule has 1 amide bonds. The first-order valence-electron chi connectivity index (χ1n) is 12.3. The summed E-state index contributed by atoms with van der Waals surface area (Å²) in [7, 11) is 3.99. The fourth-order valence-electron chi connectivity index (χ4n) is 5.28. The van der Waals surface area contributed by atoms with Gasteiger partial charge in [-0.05, 0) is 59.9 Å². The third-order valence-corrected chi connectivity index (χ3v) is 7.38. The molecule has 0 bridgehead atoms. The number of amides is 1. The molecule has 1 aliphatic carbocycles. The number of carbonyl (C=O) groups excluding carboxylic acids is 2. The van der Waals surface area contributed by atoms with Crippen LogP contribution >= 0.6 is 11.6 Å². The van der Waals surface area contributed by atoms with Crippen LogP contribution in [0.3, 0.4) is 0 Å².